The number of hydrogen-bond donors (Lipinski definition) is 1. The number of hydrogen-bond acceptors (Lipinski definition) is 3. The molecule has 1 N–H and O–H groups in total. The molecule has 0 spiro atoms. The van der Waals surface area contributed by atoms with E-state index in [0.29, 0.717) is 11.3 Å². The maximum atomic E-state index is 12.7. The molecule has 2 heterocycles. The standard InChI is InChI=1S/C15H15ClN2O3/c1-8(2)12-13(16)17-15(20)18(14(12)19)10-7-21-11-6-4-3-5-9(10)11/h3-6,8,10H,7H2,1-2H3,(H,17,20). The first-order chi connectivity index (χ1) is 10.0. The van der Waals surface area contributed by atoms with E-state index in [1.54, 1.807) is 0 Å². The molecule has 0 fully saturated rings. The number of fused-ring (bicyclic) bond motifs is 1. The topological polar surface area (TPSA) is 64.1 Å². The average molecular weight is 307 g/mol. The van der Waals surface area contributed by atoms with Crippen molar-refractivity contribution in [2.24, 2.45) is 0 Å². The Hall–Kier alpha value is -2.01. The van der Waals surface area contributed by atoms with E-state index in [1.807, 2.05) is 38.1 Å². The number of aromatic amines is 1. The minimum Gasteiger partial charge on any atom is -0.491 e. The summed E-state index contributed by atoms with van der Waals surface area (Å²) in [4.78, 5) is 27.4. The highest BCUT2D eigenvalue weighted by Crippen LogP contribution is 2.33. The van der Waals surface area contributed by atoms with E-state index in [0.717, 1.165) is 5.56 Å². The monoisotopic (exact) mass is 306 g/mol. The maximum Gasteiger partial charge on any atom is 0.330 e. The molecule has 1 aliphatic rings. The van der Waals surface area contributed by atoms with Crippen molar-refractivity contribution in [1.82, 2.24) is 9.55 Å². The summed E-state index contributed by atoms with van der Waals surface area (Å²) in [6.07, 6.45) is 0. The van der Waals surface area contributed by atoms with Crippen LogP contribution in [0, 0.1) is 0 Å². The lowest BCUT2D eigenvalue weighted by atomic mass is 10.1. The Morgan fingerprint density at radius 1 is 1.33 bits per heavy atom. The van der Waals surface area contributed by atoms with Gasteiger partial charge in [-0.1, -0.05) is 43.6 Å². The molecule has 6 heteroatoms. The number of halogens is 1. The molecule has 0 amide bonds. The van der Waals surface area contributed by atoms with Gasteiger partial charge in [0, 0.05) is 5.56 Å². The summed E-state index contributed by atoms with van der Waals surface area (Å²) in [6.45, 7) is 4.00. The molecule has 1 unspecified atom stereocenters. The molecule has 0 radical (unpaired) electrons. The van der Waals surface area contributed by atoms with Crippen molar-refractivity contribution in [3.8, 4) is 5.75 Å². The molecule has 3 rings (SSSR count). The van der Waals surface area contributed by atoms with Gasteiger partial charge in [-0.05, 0) is 12.0 Å². The van der Waals surface area contributed by atoms with Crippen molar-refractivity contribution in [2.75, 3.05) is 6.61 Å². The Balaban J connectivity index is 2.24. The molecule has 1 aromatic heterocycles. The third kappa shape index (κ3) is 2.17. The lowest BCUT2D eigenvalue weighted by Gasteiger charge is -2.15. The molecule has 0 aliphatic carbocycles. The van der Waals surface area contributed by atoms with Crippen molar-refractivity contribution in [3.63, 3.8) is 0 Å². The fourth-order valence-corrected chi connectivity index (χ4v) is 3.06. The van der Waals surface area contributed by atoms with Gasteiger partial charge >= 0.3 is 5.69 Å². The molecule has 0 bridgehead atoms. The zero-order chi connectivity index (χ0) is 15.1. The van der Waals surface area contributed by atoms with Gasteiger partial charge in [0.05, 0.1) is 5.56 Å². The lowest BCUT2D eigenvalue weighted by Crippen LogP contribution is -2.41. The van der Waals surface area contributed by atoms with Crippen molar-refractivity contribution in [2.45, 2.75) is 25.8 Å². The molecule has 21 heavy (non-hydrogen) atoms. The average Bonchev–Trinajstić information content (AvgIpc) is 2.82. The summed E-state index contributed by atoms with van der Waals surface area (Å²) >= 11 is 6.01. The van der Waals surface area contributed by atoms with E-state index >= 15 is 0 Å². The molecule has 2 aromatic rings. The van der Waals surface area contributed by atoms with Gasteiger partial charge in [0.25, 0.3) is 5.56 Å². The molecule has 5 nitrogen and oxygen atoms in total. The van der Waals surface area contributed by atoms with Crippen LogP contribution in [0.15, 0.2) is 33.9 Å². The van der Waals surface area contributed by atoms with Crippen molar-refractivity contribution < 1.29 is 4.74 Å². The van der Waals surface area contributed by atoms with Crippen LogP contribution in [0.25, 0.3) is 0 Å². The van der Waals surface area contributed by atoms with E-state index in [4.69, 9.17) is 16.3 Å². The summed E-state index contributed by atoms with van der Waals surface area (Å²) in [5.74, 6) is 0.625. The molecular formula is C15H15ClN2O3. The number of nitrogens with one attached hydrogen (secondary N) is 1. The quantitative estimate of drug-likeness (QED) is 0.866. The normalized spacial score (nSPS) is 16.9. The highest BCUT2D eigenvalue weighted by molar-refractivity contribution is 6.30. The molecule has 1 atom stereocenters. The number of ether oxygens (including phenoxy) is 1. The Bertz CT molecular complexity index is 807. The van der Waals surface area contributed by atoms with Gasteiger partial charge in [-0.15, -0.1) is 0 Å². The first-order valence-corrected chi connectivity index (χ1v) is 7.14. The van der Waals surface area contributed by atoms with Gasteiger partial charge in [0.1, 0.15) is 23.6 Å². The van der Waals surface area contributed by atoms with Crippen LogP contribution in [-0.4, -0.2) is 16.2 Å². The Labute approximate surface area is 126 Å². The lowest BCUT2D eigenvalue weighted by molar-refractivity contribution is 0.310. The van der Waals surface area contributed by atoms with E-state index in [9.17, 15) is 9.59 Å². The second-order valence-electron chi connectivity index (χ2n) is 5.35. The van der Waals surface area contributed by atoms with E-state index in [-0.39, 0.29) is 23.2 Å². The van der Waals surface area contributed by atoms with E-state index in [2.05, 4.69) is 4.98 Å². The van der Waals surface area contributed by atoms with Gasteiger partial charge in [-0.25, -0.2) is 9.36 Å². The van der Waals surface area contributed by atoms with Crippen LogP contribution in [0.5, 0.6) is 5.75 Å². The van der Waals surface area contributed by atoms with Gasteiger partial charge in [-0.3, -0.25) is 9.78 Å². The van der Waals surface area contributed by atoms with Crippen molar-refractivity contribution in [3.05, 3.63) is 61.4 Å². The molecular weight excluding hydrogens is 292 g/mol. The smallest absolute Gasteiger partial charge is 0.330 e. The number of para-hydroxylation sites is 1. The fraction of sp³-hybridized carbons (Fsp3) is 0.333. The summed E-state index contributed by atoms with van der Waals surface area (Å²) in [7, 11) is 0. The highest BCUT2D eigenvalue weighted by atomic mass is 35.5. The molecule has 110 valence electrons. The van der Waals surface area contributed by atoms with E-state index in [1.165, 1.54) is 4.57 Å². The summed E-state index contributed by atoms with van der Waals surface area (Å²) < 4.78 is 6.76. The van der Waals surface area contributed by atoms with Gasteiger partial charge in [-0.2, -0.15) is 0 Å². The van der Waals surface area contributed by atoms with Gasteiger partial charge in [0.2, 0.25) is 0 Å². The van der Waals surface area contributed by atoms with Crippen LogP contribution >= 0.6 is 11.6 Å². The van der Waals surface area contributed by atoms with Crippen LogP contribution in [-0.2, 0) is 0 Å². The van der Waals surface area contributed by atoms with Crippen molar-refractivity contribution in [1.29, 1.82) is 0 Å². The van der Waals surface area contributed by atoms with E-state index < -0.39 is 11.7 Å². The number of benzene rings is 1. The highest BCUT2D eigenvalue weighted by Gasteiger charge is 2.29. The van der Waals surface area contributed by atoms with Gasteiger partial charge < -0.3 is 4.74 Å². The van der Waals surface area contributed by atoms with Crippen LogP contribution in [0.1, 0.15) is 36.9 Å². The molecule has 1 aliphatic heterocycles. The second-order valence-corrected chi connectivity index (χ2v) is 5.73. The first-order valence-electron chi connectivity index (χ1n) is 6.76. The number of aromatic nitrogens is 2. The third-order valence-electron chi connectivity index (χ3n) is 3.68. The van der Waals surface area contributed by atoms with Crippen LogP contribution in [0.2, 0.25) is 5.15 Å². The minimum absolute atomic E-state index is 0.0781. The summed E-state index contributed by atoms with van der Waals surface area (Å²) in [5.41, 5.74) is 0.381. The Kier molecular flexibility index (Phi) is 3.37. The second kappa shape index (κ2) is 5.07. The van der Waals surface area contributed by atoms with Crippen LogP contribution in [0.3, 0.4) is 0 Å². The number of rotatable bonds is 2. The van der Waals surface area contributed by atoms with Gasteiger partial charge in [0.15, 0.2) is 0 Å². The SMILES string of the molecule is CC(C)c1c(Cl)[nH]c(=O)n(C2COc3ccccc32)c1=O. The molecule has 1 aromatic carbocycles. The summed E-state index contributed by atoms with van der Waals surface area (Å²) in [5, 5.41) is 0.114. The number of H-pyrrole nitrogens is 1. The molecule has 0 saturated heterocycles. The van der Waals surface area contributed by atoms with Crippen LogP contribution in [0.4, 0.5) is 0 Å². The zero-order valence-corrected chi connectivity index (χ0v) is 12.5. The molecule has 0 saturated carbocycles. The Morgan fingerprint density at radius 2 is 2.05 bits per heavy atom. The summed E-state index contributed by atoms with van der Waals surface area (Å²) in [6, 6.07) is 6.98. The Morgan fingerprint density at radius 3 is 2.76 bits per heavy atom. The largest absolute Gasteiger partial charge is 0.491 e. The minimum atomic E-state index is -0.514. The zero-order valence-electron chi connectivity index (χ0n) is 11.7. The van der Waals surface area contributed by atoms with Crippen molar-refractivity contribution >= 4 is 11.6 Å². The predicted molar refractivity (Wildman–Crippen MR) is 80.5 cm³/mol. The van der Waals surface area contributed by atoms with Crippen LogP contribution < -0.4 is 16.0 Å². The fourth-order valence-electron chi connectivity index (χ4n) is 2.68. The third-order valence-corrected chi connectivity index (χ3v) is 3.98. The first kappa shape index (κ1) is 13.9. The maximum absolute atomic E-state index is 12.7. The number of nitrogens with zero attached hydrogens (tertiary/aromatic N) is 1. The predicted octanol–water partition coefficient (Wildman–Crippen LogP) is 2.30.